The summed E-state index contributed by atoms with van der Waals surface area (Å²) in [6.07, 6.45) is 2.71. The van der Waals surface area contributed by atoms with Gasteiger partial charge in [-0.2, -0.15) is 4.89 Å². The largest absolute Gasteiger partial charge is 0.395 e. The Morgan fingerprint density at radius 3 is 2.50 bits per heavy atom. The molecule has 0 aliphatic carbocycles. The molecule has 1 N–H and O–H groups in total. The molecule has 0 spiro atoms. The number of alkyl halides is 1. The van der Waals surface area contributed by atoms with E-state index >= 15 is 0 Å². The van der Waals surface area contributed by atoms with Crippen LogP contribution in [0.25, 0.3) is 0 Å². The van der Waals surface area contributed by atoms with Gasteiger partial charge < -0.3 is 9.99 Å². The van der Waals surface area contributed by atoms with Crippen LogP contribution in [0.4, 0.5) is 0 Å². The Labute approximate surface area is 126 Å². The molecule has 0 amide bonds. The van der Waals surface area contributed by atoms with Gasteiger partial charge in [-0.1, -0.05) is 44.7 Å². The average molecular weight is 299 g/mol. The normalized spacial score (nSPS) is 13.0. The van der Waals surface area contributed by atoms with Gasteiger partial charge in [-0.15, -0.1) is 11.6 Å². The molecule has 0 aliphatic rings. The summed E-state index contributed by atoms with van der Waals surface area (Å²) in [5.41, 5.74) is 1.86. The summed E-state index contributed by atoms with van der Waals surface area (Å²) in [5, 5.41) is 9.39. The van der Waals surface area contributed by atoms with Gasteiger partial charge in [0.05, 0.1) is 6.61 Å². The number of hydrogen-bond acceptors (Lipinski definition) is 3. The monoisotopic (exact) mass is 298 g/mol. The van der Waals surface area contributed by atoms with E-state index in [4.69, 9.17) is 21.4 Å². The van der Waals surface area contributed by atoms with Gasteiger partial charge in [-0.3, -0.25) is 0 Å². The van der Waals surface area contributed by atoms with Gasteiger partial charge in [-0.25, -0.2) is 0 Å². The van der Waals surface area contributed by atoms with E-state index in [0.29, 0.717) is 5.88 Å². The number of hydrogen-bond donors (Lipinski definition) is 1. The third-order valence-electron chi connectivity index (χ3n) is 3.30. The number of aliphatic hydroxyl groups is 1. The number of benzene rings is 1. The van der Waals surface area contributed by atoms with Gasteiger partial charge in [-0.05, 0) is 24.0 Å². The van der Waals surface area contributed by atoms with E-state index in [1.165, 1.54) is 6.26 Å². The predicted octanol–water partition coefficient (Wildman–Crippen LogP) is 4.11. The zero-order valence-corrected chi connectivity index (χ0v) is 12.9. The standard InChI is InChI=1S/C16H23ClO3/c1-4-19-20-15(6-5-11-17)13-7-9-14(10-8-13)16(2,3)12-18/h4,7-10,15,18H,1,5-6,11-12H2,2-3H3. The van der Waals surface area contributed by atoms with Gasteiger partial charge >= 0.3 is 0 Å². The highest BCUT2D eigenvalue weighted by atomic mass is 35.5. The molecule has 112 valence electrons. The van der Waals surface area contributed by atoms with Crippen LogP contribution in [-0.2, 0) is 15.2 Å². The van der Waals surface area contributed by atoms with Crippen molar-refractivity contribution in [2.45, 2.75) is 38.2 Å². The Morgan fingerprint density at radius 2 is 2.00 bits per heavy atom. The van der Waals surface area contributed by atoms with Crippen molar-refractivity contribution in [3.63, 3.8) is 0 Å². The van der Waals surface area contributed by atoms with Crippen LogP contribution >= 0.6 is 11.6 Å². The maximum Gasteiger partial charge on any atom is 0.130 e. The maximum absolute atomic E-state index is 9.39. The summed E-state index contributed by atoms with van der Waals surface area (Å²) >= 11 is 5.73. The van der Waals surface area contributed by atoms with Gasteiger partial charge in [0, 0.05) is 11.3 Å². The van der Waals surface area contributed by atoms with Crippen molar-refractivity contribution >= 4 is 11.6 Å². The number of aliphatic hydroxyl groups excluding tert-OH is 1. The molecule has 3 nitrogen and oxygen atoms in total. The van der Waals surface area contributed by atoms with Gasteiger partial charge in [0.1, 0.15) is 12.4 Å². The Kier molecular flexibility index (Phi) is 7.06. The zero-order valence-electron chi connectivity index (χ0n) is 12.1. The van der Waals surface area contributed by atoms with E-state index in [0.717, 1.165) is 24.0 Å². The molecular formula is C16H23ClO3. The van der Waals surface area contributed by atoms with Crippen molar-refractivity contribution < 1.29 is 14.9 Å². The molecule has 1 aromatic carbocycles. The first kappa shape index (κ1) is 17.0. The van der Waals surface area contributed by atoms with Crippen LogP contribution in [0.15, 0.2) is 37.1 Å². The Bertz CT molecular complexity index is 401. The lowest BCUT2D eigenvalue weighted by atomic mass is 9.85. The first-order valence-electron chi connectivity index (χ1n) is 6.75. The molecular weight excluding hydrogens is 276 g/mol. The third-order valence-corrected chi connectivity index (χ3v) is 3.57. The third kappa shape index (κ3) is 4.82. The summed E-state index contributed by atoms with van der Waals surface area (Å²) in [5.74, 6) is 0.587. The minimum Gasteiger partial charge on any atom is -0.395 e. The van der Waals surface area contributed by atoms with E-state index in [-0.39, 0.29) is 18.1 Å². The van der Waals surface area contributed by atoms with Crippen molar-refractivity contribution in [2.24, 2.45) is 0 Å². The van der Waals surface area contributed by atoms with Crippen LogP contribution in [0.1, 0.15) is 43.9 Å². The Balaban J connectivity index is 2.83. The van der Waals surface area contributed by atoms with Crippen LogP contribution < -0.4 is 0 Å². The van der Waals surface area contributed by atoms with Gasteiger partial charge in [0.2, 0.25) is 0 Å². The summed E-state index contributed by atoms with van der Waals surface area (Å²) < 4.78 is 0. The van der Waals surface area contributed by atoms with Crippen molar-refractivity contribution in [3.8, 4) is 0 Å². The quantitative estimate of drug-likeness (QED) is 0.323. The lowest BCUT2D eigenvalue weighted by Gasteiger charge is -2.23. The number of rotatable bonds is 9. The highest BCUT2D eigenvalue weighted by Gasteiger charge is 2.20. The fraction of sp³-hybridized carbons (Fsp3) is 0.500. The first-order valence-corrected chi connectivity index (χ1v) is 7.29. The highest BCUT2D eigenvalue weighted by molar-refractivity contribution is 6.17. The lowest BCUT2D eigenvalue weighted by molar-refractivity contribution is -0.287. The van der Waals surface area contributed by atoms with E-state index in [9.17, 15) is 5.11 Å². The summed E-state index contributed by atoms with van der Waals surface area (Å²) in [7, 11) is 0. The molecule has 1 rings (SSSR count). The highest BCUT2D eigenvalue weighted by Crippen LogP contribution is 2.27. The van der Waals surface area contributed by atoms with E-state index in [2.05, 4.69) is 6.58 Å². The Hall–Kier alpha value is -1.03. The molecule has 0 heterocycles. The zero-order chi connectivity index (χ0) is 15.0. The molecule has 0 fully saturated rings. The SMILES string of the molecule is C=COOC(CCCCl)c1ccc(C(C)(C)CO)cc1. The molecule has 0 saturated carbocycles. The van der Waals surface area contributed by atoms with Gasteiger partial charge in [0.25, 0.3) is 0 Å². The molecule has 0 radical (unpaired) electrons. The summed E-state index contributed by atoms with van der Waals surface area (Å²) in [4.78, 5) is 10.2. The molecule has 0 bridgehead atoms. The van der Waals surface area contributed by atoms with Crippen molar-refractivity contribution in [1.29, 1.82) is 0 Å². The second-order valence-electron chi connectivity index (χ2n) is 5.34. The van der Waals surface area contributed by atoms with Crippen LogP contribution in [0.2, 0.25) is 0 Å². The lowest BCUT2D eigenvalue weighted by Crippen LogP contribution is -2.22. The molecule has 4 heteroatoms. The maximum atomic E-state index is 9.39. The predicted molar refractivity (Wildman–Crippen MR) is 81.6 cm³/mol. The summed E-state index contributed by atoms with van der Waals surface area (Å²) in [6, 6.07) is 8.02. The van der Waals surface area contributed by atoms with Crippen LogP contribution in [0.3, 0.4) is 0 Å². The fourth-order valence-electron chi connectivity index (χ4n) is 1.88. The van der Waals surface area contributed by atoms with Crippen LogP contribution in [0, 0.1) is 0 Å². The van der Waals surface area contributed by atoms with Crippen LogP contribution in [0.5, 0.6) is 0 Å². The molecule has 0 saturated heterocycles. The van der Waals surface area contributed by atoms with Gasteiger partial charge in [0.15, 0.2) is 0 Å². The van der Waals surface area contributed by atoms with E-state index in [1.54, 1.807) is 0 Å². The minimum absolute atomic E-state index is 0.109. The van der Waals surface area contributed by atoms with Crippen molar-refractivity contribution in [3.05, 3.63) is 48.2 Å². The average Bonchev–Trinajstić information content (AvgIpc) is 2.47. The van der Waals surface area contributed by atoms with Crippen molar-refractivity contribution in [2.75, 3.05) is 12.5 Å². The minimum atomic E-state index is -0.247. The molecule has 20 heavy (non-hydrogen) atoms. The van der Waals surface area contributed by atoms with E-state index < -0.39 is 0 Å². The van der Waals surface area contributed by atoms with Crippen LogP contribution in [-0.4, -0.2) is 17.6 Å². The molecule has 1 unspecified atom stereocenters. The second kappa shape index (κ2) is 8.30. The molecule has 0 aromatic heterocycles. The summed E-state index contributed by atoms with van der Waals surface area (Å²) in [6.45, 7) is 7.58. The smallest absolute Gasteiger partial charge is 0.130 e. The molecule has 1 atom stereocenters. The Morgan fingerprint density at radius 1 is 1.35 bits per heavy atom. The van der Waals surface area contributed by atoms with E-state index in [1.807, 2.05) is 38.1 Å². The second-order valence-corrected chi connectivity index (χ2v) is 5.72. The fourth-order valence-corrected chi connectivity index (χ4v) is 2.03. The van der Waals surface area contributed by atoms with Crippen molar-refractivity contribution in [1.82, 2.24) is 0 Å². The first-order chi connectivity index (χ1) is 9.55. The topological polar surface area (TPSA) is 38.7 Å². The molecule has 1 aromatic rings. The molecule has 0 aliphatic heterocycles. The number of halogens is 1.